The third-order valence-electron chi connectivity index (χ3n) is 3.06. The van der Waals surface area contributed by atoms with Gasteiger partial charge in [-0.05, 0) is 34.1 Å². The number of nitrogens with zero attached hydrogens (tertiary/aromatic N) is 1. The molecule has 1 rings (SSSR count). The monoisotopic (exact) mass is 299 g/mol. The summed E-state index contributed by atoms with van der Waals surface area (Å²) in [5.41, 5.74) is -2.44. The summed E-state index contributed by atoms with van der Waals surface area (Å²) < 4.78 is 9.99. The molecule has 0 saturated heterocycles. The zero-order valence-electron chi connectivity index (χ0n) is 12.7. The van der Waals surface area contributed by atoms with E-state index < -0.39 is 35.2 Å². The Kier molecular flexibility index (Phi) is 4.65. The van der Waals surface area contributed by atoms with Gasteiger partial charge in [-0.2, -0.15) is 4.90 Å². The Hall–Kier alpha value is -2.05. The molecule has 1 aliphatic rings. The highest BCUT2D eigenvalue weighted by Gasteiger charge is 2.68. The maximum atomic E-state index is 12.1. The van der Waals surface area contributed by atoms with Crippen molar-refractivity contribution in [3.8, 4) is 0 Å². The number of carbonyl (C=O) groups is 3. The van der Waals surface area contributed by atoms with E-state index in [1.165, 1.54) is 6.08 Å². The molecule has 1 saturated carbocycles. The van der Waals surface area contributed by atoms with Crippen LogP contribution in [0.25, 0.3) is 0 Å². The van der Waals surface area contributed by atoms with Crippen LogP contribution in [0.3, 0.4) is 0 Å². The number of esters is 1. The molecule has 0 radical (unpaired) electrons. The lowest BCUT2D eigenvalue weighted by Crippen LogP contribution is -2.53. The minimum Gasteiger partial charge on any atom is -0.464 e. The van der Waals surface area contributed by atoms with Crippen LogP contribution in [-0.4, -0.2) is 45.9 Å². The third kappa shape index (κ3) is 3.34. The highest BCUT2D eigenvalue weighted by atomic mass is 16.6. The van der Waals surface area contributed by atoms with Gasteiger partial charge in [-0.3, -0.25) is 0 Å². The minimum atomic E-state index is -1.56. The molecule has 21 heavy (non-hydrogen) atoms. The van der Waals surface area contributed by atoms with E-state index in [0.29, 0.717) is 4.90 Å². The van der Waals surface area contributed by atoms with Crippen molar-refractivity contribution in [2.75, 3.05) is 6.61 Å². The molecule has 7 heteroatoms. The van der Waals surface area contributed by atoms with E-state index in [1.54, 1.807) is 27.7 Å². The highest BCUT2D eigenvalue weighted by Crippen LogP contribution is 2.50. The SMILES string of the molecule is C=C[C@@H]1C[C@@]1(C(=O)OCC)N(C(=O)O)C(=O)OC(C)(C)C. The van der Waals surface area contributed by atoms with E-state index in [0.717, 1.165) is 0 Å². The number of amides is 2. The Morgan fingerprint density at radius 3 is 2.33 bits per heavy atom. The predicted molar refractivity (Wildman–Crippen MR) is 73.8 cm³/mol. The molecule has 118 valence electrons. The molecule has 7 nitrogen and oxygen atoms in total. The van der Waals surface area contributed by atoms with Crippen molar-refractivity contribution >= 4 is 18.2 Å². The number of rotatable bonds is 4. The van der Waals surface area contributed by atoms with E-state index in [9.17, 15) is 19.5 Å². The average molecular weight is 299 g/mol. The van der Waals surface area contributed by atoms with E-state index in [2.05, 4.69) is 6.58 Å². The van der Waals surface area contributed by atoms with Gasteiger partial charge in [0.05, 0.1) is 6.61 Å². The van der Waals surface area contributed by atoms with Gasteiger partial charge in [0.1, 0.15) is 5.60 Å². The largest absolute Gasteiger partial charge is 0.464 e. The Morgan fingerprint density at radius 1 is 1.43 bits per heavy atom. The van der Waals surface area contributed by atoms with Crippen molar-refractivity contribution in [2.24, 2.45) is 5.92 Å². The topological polar surface area (TPSA) is 93.1 Å². The molecule has 0 spiro atoms. The summed E-state index contributed by atoms with van der Waals surface area (Å²) in [5.74, 6) is -1.23. The summed E-state index contributed by atoms with van der Waals surface area (Å²) in [6.07, 6.45) is -1.05. The fraction of sp³-hybridized carbons (Fsp3) is 0.643. The standard InChI is InChI=1S/C14H21NO6/c1-6-9-8-14(9,10(16)20-7-2)15(11(17)18)12(19)21-13(3,4)5/h6,9H,1,7-8H2,2-5H3,(H,17,18)/t9-,14-/m1/s1. The quantitative estimate of drug-likeness (QED) is 0.633. The van der Waals surface area contributed by atoms with E-state index >= 15 is 0 Å². The summed E-state index contributed by atoms with van der Waals surface area (Å²) in [7, 11) is 0. The van der Waals surface area contributed by atoms with Crippen molar-refractivity contribution < 1.29 is 29.0 Å². The maximum absolute atomic E-state index is 12.1. The van der Waals surface area contributed by atoms with Crippen molar-refractivity contribution in [1.29, 1.82) is 0 Å². The van der Waals surface area contributed by atoms with Gasteiger partial charge in [0, 0.05) is 5.92 Å². The number of imide groups is 1. The second-order valence-electron chi connectivity index (χ2n) is 5.79. The Morgan fingerprint density at radius 2 is 2.00 bits per heavy atom. The summed E-state index contributed by atoms with van der Waals surface area (Å²) in [5, 5.41) is 9.33. The second-order valence-corrected chi connectivity index (χ2v) is 5.79. The molecule has 0 aromatic heterocycles. The lowest BCUT2D eigenvalue weighted by Gasteiger charge is -2.29. The summed E-state index contributed by atoms with van der Waals surface area (Å²) in [6.45, 7) is 10.1. The van der Waals surface area contributed by atoms with Crippen LogP contribution < -0.4 is 0 Å². The first-order valence-corrected chi connectivity index (χ1v) is 6.66. The van der Waals surface area contributed by atoms with Crippen molar-refractivity contribution in [2.45, 2.75) is 45.3 Å². The lowest BCUT2D eigenvalue weighted by atomic mass is 10.1. The molecule has 0 heterocycles. The molecule has 1 fully saturated rings. The minimum absolute atomic E-state index is 0.0895. The van der Waals surface area contributed by atoms with Crippen LogP contribution in [0.1, 0.15) is 34.1 Å². The number of carboxylic acid groups (broad SMARTS) is 1. The molecule has 0 aromatic rings. The summed E-state index contributed by atoms with van der Waals surface area (Å²) in [6, 6.07) is 0. The number of hydrogen-bond acceptors (Lipinski definition) is 5. The molecule has 1 aliphatic carbocycles. The zero-order valence-corrected chi connectivity index (χ0v) is 12.7. The van der Waals surface area contributed by atoms with Crippen LogP contribution in [0.2, 0.25) is 0 Å². The predicted octanol–water partition coefficient (Wildman–Crippen LogP) is 2.41. The molecular formula is C14H21NO6. The molecule has 2 amide bonds. The van der Waals surface area contributed by atoms with Crippen LogP contribution in [0.4, 0.5) is 9.59 Å². The van der Waals surface area contributed by atoms with Crippen LogP contribution in [0, 0.1) is 5.92 Å². The Labute approximate surface area is 123 Å². The highest BCUT2D eigenvalue weighted by molar-refractivity contribution is 5.98. The van der Waals surface area contributed by atoms with Gasteiger partial charge < -0.3 is 14.6 Å². The van der Waals surface area contributed by atoms with Crippen LogP contribution in [0.5, 0.6) is 0 Å². The fourth-order valence-electron chi connectivity index (χ4n) is 2.11. The van der Waals surface area contributed by atoms with Crippen LogP contribution in [-0.2, 0) is 14.3 Å². The lowest BCUT2D eigenvalue weighted by molar-refractivity contribution is -0.150. The molecule has 0 aliphatic heterocycles. The van der Waals surface area contributed by atoms with Gasteiger partial charge >= 0.3 is 18.2 Å². The Balaban J connectivity index is 3.13. The second kappa shape index (κ2) is 5.75. The Bertz CT molecular complexity index is 467. The van der Waals surface area contributed by atoms with Crippen LogP contribution >= 0.6 is 0 Å². The van der Waals surface area contributed by atoms with Crippen molar-refractivity contribution in [3.05, 3.63) is 12.7 Å². The first-order valence-electron chi connectivity index (χ1n) is 6.66. The summed E-state index contributed by atoms with van der Waals surface area (Å²) >= 11 is 0. The molecule has 0 aromatic carbocycles. The van der Waals surface area contributed by atoms with Gasteiger partial charge in [0.25, 0.3) is 0 Å². The molecule has 2 atom stereocenters. The number of ether oxygens (including phenoxy) is 2. The number of hydrogen-bond donors (Lipinski definition) is 1. The first kappa shape index (κ1) is 17.0. The fourth-order valence-corrected chi connectivity index (χ4v) is 2.11. The van der Waals surface area contributed by atoms with Crippen LogP contribution in [0.15, 0.2) is 12.7 Å². The van der Waals surface area contributed by atoms with Gasteiger partial charge in [-0.1, -0.05) is 6.08 Å². The van der Waals surface area contributed by atoms with E-state index in [-0.39, 0.29) is 13.0 Å². The van der Waals surface area contributed by atoms with Gasteiger partial charge in [0.2, 0.25) is 0 Å². The molecule has 0 bridgehead atoms. The van der Waals surface area contributed by atoms with Crippen molar-refractivity contribution in [1.82, 2.24) is 4.90 Å². The summed E-state index contributed by atoms with van der Waals surface area (Å²) in [4.78, 5) is 36.2. The molecule has 1 N–H and O–H groups in total. The number of carbonyl (C=O) groups excluding carboxylic acids is 2. The third-order valence-corrected chi connectivity index (χ3v) is 3.06. The smallest absolute Gasteiger partial charge is 0.420 e. The maximum Gasteiger partial charge on any atom is 0.420 e. The van der Waals surface area contributed by atoms with E-state index in [4.69, 9.17) is 9.47 Å². The molecular weight excluding hydrogens is 278 g/mol. The normalized spacial score (nSPS) is 23.9. The van der Waals surface area contributed by atoms with Gasteiger partial charge in [0.15, 0.2) is 5.54 Å². The average Bonchev–Trinajstić information content (AvgIpc) is 3.02. The zero-order chi connectivity index (χ0) is 16.4. The van der Waals surface area contributed by atoms with Crippen molar-refractivity contribution in [3.63, 3.8) is 0 Å². The molecule has 0 unspecified atom stereocenters. The van der Waals surface area contributed by atoms with Gasteiger partial charge in [-0.25, -0.2) is 14.4 Å². The first-order chi connectivity index (χ1) is 9.60. The van der Waals surface area contributed by atoms with E-state index in [1.807, 2.05) is 0 Å². The van der Waals surface area contributed by atoms with Gasteiger partial charge in [-0.15, -0.1) is 6.58 Å².